The van der Waals surface area contributed by atoms with Gasteiger partial charge in [0.15, 0.2) is 5.65 Å². The number of rotatable bonds is 2. The molecule has 0 bridgehead atoms. The minimum Gasteiger partial charge on any atom is -0.337 e. The number of aromatic nitrogens is 4. The van der Waals surface area contributed by atoms with E-state index >= 15 is 0 Å². The summed E-state index contributed by atoms with van der Waals surface area (Å²) in [6.45, 7) is 1.46. The molecule has 4 aromatic heterocycles. The van der Waals surface area contributed by atoms with Crippen LogP contribution in [0.3, 0.4) is 0 Å². The van der Waals surface area contributed by atoms with Crippen molar-refractivity contribution < 1.29 is 4.79 Å². The first kappa shape index (κ1) is 15.1. The van der Waals surface area contributed by atoms with E-state index in [0.717, 1.165) is 36.4 Å². The van der Waals surface area contributed by atoms with Crippen LogP contribution in [-0.4, -0.2) is 42.9 Å². The van der Waals surface area contributed by atoms with E-state index in [2.05, 4.69) is 10.2 Å². The number of carbonyl (C=O) groups excluding carboxylic acids is 1. The largest absolute Gasteiger partial charge is 0.337 e. The van der Waals surface area contributed by atoms with E-state index in [9.17, 15) is 4.79 Å². The van der Waals surface area contributed by atoms with Crippen LogP contribution in [0.5, 0.6) is 0 Å². The Labute approximate surface area is 150 Å². The van der Waals surface area contributed by atoms with Gasteiger partial charge in [-0.25, -0.2) is 0 Å². The van der Waals surface area contributed by atoms with Crippen LogP contribution >= 0.6 is 0 Å². The van der Waals surface area contributed by atoms with Gasteiger partial charge in [0.2, 0.25) is 0 Å². The molecule has 6 heteroatoms. The third kappa shape index (κ3) is 2.37. The van der Waals surface area contributed by atoms with Crippen molar-refractivity contribution in [1.29, 1.82) is 0 Å². The smallest absolute Gasteiger partial charge is 0.270 e. The van der Waals surface area contributed by atoms with Crippen molar-refractivity contribution in [2.24, 2.45) is 0 Å². The van der Waals surface area contributed by atoms with Crippen molar-refractivity contribution >= 4 is 17.1 Å². The molecule has 1 amide bonds. The van der Waals surface area contributed by atoms with Crippen LogP contribution in [0.15, 0.2) is 60.9 Å². The molecule has 1 aliphatic heterocycles. The van der Waals surface area contributed by atoms with Crippen molar-refractivity contribution in [3.8, 4) is 0 Å². The highest BCUT2D eigenvalue weighted by Crippen LogP contribution is 2.27. The Morgan fingerprint density at radius 1 is 0.962 bits per heavy atom. The van der Waals surface area contributed by atoms with Crippen LogP contribution in [0.2, 0.25) is 0 Å². The van der Waals surface area contributed by atoms with Crippen LogP contribution in [0.1, 0.15) is 35.1 Å². The van der Waals surface area contributed by atoms with Gasteiger partial charge in [0, 0.05) is 36.9 Å². The monoisotopic (exact) mass is 345 g/mol. The van der Waals surface area contributed by atoms with Gasteiger partial charge < -0.3 is 9.30 Å². The topological polar surface area (TPSA) is 54.9 Å². The third-order valence-electron chi connectivity index (χ3n) is 5.20. The molecule has 1 atom stereocenters. The van der Waals surface area contributed by atoms with Gasteiger partial charge in [-0.1, -0.05) is 12.1 Å². The predicted molar refractivity (Wildman–Crippen MR) is 98.3 cm³/mol. The fraction of sp³-hybridized carbons (Fsp3) is 0.250. The fourth-order valence-corrected chi connectivity index (χ4v) is 3.90. The summed E-state index contributed by atoms with van der Waals surface area (Å²) in [4.78, 5) is 15.1. The van der Waals surface area contributed by atoms with E-state index in [1.807, 2.05) is 74.6 Å². The van der Waals surface area contributed by atoms with Crippen LogP contribution in [0, 0.1) is 0 Å². The number of hydrogen-bond donors (Lipinski definition) is 0. The number of piperidine rings is 1. The second kappa shape index (κ2) is 5.98. The lowest BCUT2D eigenvalue weighted by molar-refractivity contribution is 0.0697. The fourth-order valence-electron chi connectivity index (χ4n) is 3.90. The Kier molecular flexibility index (Phi) is 3.48. The first-order chi connectivity index (χ1) is 12.8. The zero-order chi connectivity index (χ0) is 17.5. The zero-order valence-corrected chi connectivity index (χ0v) is 14.3. The molecule has 26 heavy (non-hydrogen) atoms. The maximum Gasteiger partial charge on any atom is 0.270 e. The first-order valence-electron chi connectivity index (χ1n) is 8.96. The molecule has 5 heterocycles. The average Bonchev–Trinajstić information content (AvgIpc) is 3.32. The molecule has 5 rings (SSSR count). The summed E-state index contributed by atoms with van der Waals surface area (Å²) in [5, 5.41) is 8.66. The number of carbonyl (C=O) groups is 1. The molecule has 0 aromatic carbocycles. The molecular formula is C20H19N5O. The van der Waals surface area contributed by atoms with Crippen LogP contribution in [-0.2, 0) is 0 Å². The SMILES string of the molecule is O=C(c1ccc2ccccn12)N1CCCC(c2nnc3ccccn23)C1. The van der Waals surface area contributed by atoms with Gasteiger partial charge in [-0.05, 0) is 49.2 Å². The molecule has 1 saturated heterocycles. The molecule has 130 valence electrons. The van der Waals surface area contributed by atoms with Crippen molar-refractivity contribution in [1.82, 2.24) is 23.9 Å². The van der Waals surface area contributed by atoms with Crippen molar-refractivity contribution in [3.05, 3.63) is 72.4 Å². The molecule has 0 radical (unpaired) electrons. The van der Waals surface area contributed by atoms with Crippen LogP contribution in [0.25, 0.3) is 11.2 Å². The molecule has 4 aromatic rings. The summed E-state index contributed by atoms with van der Waals surface area (Å²) in [6.07, 6.45) is 5.93. The molecule has 1 unspecified atom stereocenters. The van der Waals surface area contributed by atoms with E-state index in [1.54, 1.807) is 0 Å². The lowest BCUT2D eigenvalue weighted by Gasteiger charge is -2.32. The Balaban J connectivity index is 1.44. The van der Waals surface area contributed by atoms with Gasteiger partial charge >= 0.3 is 0 Å². The second-order valence-corrected chi connectivity index (χ2v) is 6.79. The third-order valence-corrected chi connectivity index (χ3v) is 5.20. The Bertz CT molecular complexity index is 1100. The second-order valence-electron chi connectivity index (χ2n) is 6.79. The Hall–Kier alpha value is -3.15. The molecule has 0 spiro atoms. The summed E-state index contributed by atoms with van der Waals surface area (Å²) in [6, 6.07) is 15.7. The Morgan fingerprint density at radius 3 is 2.73 bits per heavy atom. The van der Waals surface area contributed by atoms with Gasteiger partial charge in [-0.3, -0.25) is 9.20 Å². The lowest BCUT2D eigenvalue weighted by Crippen LogP contribution is -2.40. The van der Waals surface area contributed by atoms with Crippen molar-refractivity contribution in [2.75, 3.05) is 13.1 Å². The highest BCUT2D eigenvalue weighted by Gasteiger charge is 2.29. The van der Waals surface area contributed by atoms with E-state index in [-0.39, 0.29) is 11.8 Å². The van der Waals surface area contributed by atoms with Gasteiger partial charge in [0.25, 0.3) is 5.91 Å². The maximum atomic E-state index is 13.1. The molecule has 0 N–H and O–H groups in total. The Morgan fingerprint density at radius 2 is 1.81 bits per heavy atom. The lowest BCUT2D eigenvalue weighted by atomic mass is 9.97. The molecule has 0 aliphatic carbocycles. The number of amides is 1. The summed E-state index contributed by atoms with van der Waals surface area (Å²) < 4.78 is 3.99. The quantitative estimate of drug-likeness (QED) is 0.561. The van der Waals surface area contributed by atoms with E-state index in [0.29, 0.717) is 12.2 Å². The summed E-state index contributed by atoms with van der Waals surface area (Å²) >= 11 is 0. The number of likely N-dealkylation sites (tertiary alicyclic amines) is 1. The number of nitrogens with zero attached hydrogens (tertiary/aromatic N) is 5. The maximum absolute atomic E-state index is 13.1. The molecular weight excluding hydrogens is 326 g/mol. The number of pyridine rings is 2. The first-order valence-corrected chi connectivity index (χ1v) is 8.96. The molecule has 1 aliphatic rings. The van der Waals surface area contributed by atoms with E-state index in [4.69, 9.17) is 0 Å². The minimum atomic E-state index is 0.0784. The summed E-state index contributed by atoms with van der Waals surface area (Å²) in [7, 11) is 0. The molecule has 0 saturated carbocycles. The average molecular weight is 345 g/mol. The predicted octanol–water partition coefficient (Wildman–Crippen LogP) is 3.00. The van der Waals surface area contributed by atoms with Crippen molar-refractivity contribution in [3.63, 3.8) is 0 Å². The highest BCUT2D eigenvalue weighted by atomic mass is 16.2. The van der Waals surface area contributed by atoms with Gasteiger partial charge in [0.1, 0.15) is 11.5 Å². The minimum absolute atomic E-state index is 0.0784. The zero-order valence-electron chi connectivity index (χ0n) is 14.3. The van der Waals surface area contributed by atoms with Crippen LogP contribution in [0.4, 0.5) is 0 Å². The highest BCUT2D eigenvalue weighted by molar-refractivity contribution is 5.94. The standard InChI is InChI=1S/C20H19N5O/c26-20(17-10-9-16-7-1-3-12-24(16)17)23-11-5-6-15(14-23)19-22-21-18-8-2-4-13-25(18)19/h1-4,7-10,12-13,15H,5-6,11,14H2. The molecule has 6 nitrogen and oxygen atoms in total. The number of fused-ring (bicyclic) bond motifs is 2. The summed E-state index contributed by atoms with van der Waals surface area (Å²) in [5.74, 6) is 1.23. The molecule has 1 fully saturated rings. The number of hydrogen-bond acceptors (Lipinski definition) is 3. The van der Waals surface area contributed by atoms with E-state index in [1.165, 1.54) is 0 Å². The van der Waals surface area contributed by atoms with Gasteiger partial charge in [0.05, 0.1) is 0 Å². The van der Waals surface area contributed by atoms with Gasteiger partial charge in [-0.2, -0.15) is 0 Å². The normalized spacial score (nSPS) is 17.8. The van der Waals surface area contributed by atoms with Crippen LogP contribution < -0.4 is 0 Å². The van der Waals surface area contributed by atoms with Gasteiger partial charge in [-0.15, -0.1) is 10.2 Å². The summed E-state index contributed by atoms with van der Waals surface area (Å²) in [5.41, 5.74) is 2.60. The van der Waals surface area contributed by atoms with E-state index < -0.39 is 0 Å². The van der Waals surface area contributed by atoms with Crippen molar-refractivity contribution in [2.45, 2.75) is 18.8 Å².